The molecule has 0 saturated carbocycles. The van der Waals surface area contributed by atoms with Crippen LogP contribution < -0.4 is 10.1 Å². The van der Waals surface area contributed by atoms with Gasteiger partial charge in [0.15, 0.2) is 0 Å². The average molecular weight is 334 g/mol. The molecule has 1 aromatic rings. The SMILES string of the molecule is COc1cccc2c1CN(CCCCNC(=O)OC(C)(C)C)CC2. The second kappa shape index (κ2) is 8.38. The van der Waals surface area contributed by atoms with Crippen LogP contribution in [0.5, 0.6) is 5.75 Å². The third-order valence-electron chi connectivity index (χ3n) is 4.10. The highest BCUT2D eigenvalue weighted by atomic mass is 16.6. The zero-order chi connectivity index (χ0) is 17.6. The molecule has 1 aliphatic rings. The van der Waals surface area contributed by atoms with E-state index in [1.807, 2.05) is 26.8 Å². The van der Waals surface area contributed by atoms with E-state index in [1.54, 1.807) is 7.11 Å². The summed E-state index contributed by atoms with van der Waals surface area (Å²) in [6.45, 7) is 9.33. The van der Waals surface area contributed by atoms with Crippen LogP contribution in [0.4, 0.5) is 4.79 Å². The van der Waals surface area contributed by atoms with Crippen molar-refractivity contribution in [2.24, 2.45) is 0 Å². The number of alkyl carbamates (subject to hydrolysis) is 1. The summed E-state index contributed by atoms with van der Waals surface area (Å²) in [5, 5.41) is 2.81. The minimum Gasteiger partial charge on any atom is -0.496 e. The molecule has 2 rings (SSSR count). The van der Waals surface area contributed by atoms with Crippen molar-refractivity contribution >= 4 is 6.09 Å². The zero-order valence-electron chi connectivity index (χ0n) is 15.4. The number of unbranched alkanes of at least 4 members (excludes halogenated alkanes) is 1. The highest BCUT2D eigenvalue weighted by molar-refractivity contribution is 5.67. The summed E-state index contributed by atoms with van der Waals surface area (Å²) in [5.41, 5.74) is 2.28. The summed E-state index contributed by atoms with van der Waals surface area (Å²) < 4.78 is 10.7. The molecule has 1 N–H and O–H groups in total. The summed E-state index contributed by atoms with van der Waals surface area (Å²) in [7, 11) is 1.73. The fourth-order valence-corrected chi connectivity index (χ4v) is 2.95. The van der Waals surface area contributed by atoms with Crippen molar-refractivity contribution in [2.45, 2.75) is 52.2 Å². The number of methoxy groups -OCH3 is 1. The maximum atomic E-state index is 11.6. The number of hydrogen-bond donors (Lipinski definition) is 1. The normalized spacial score (nSPS) is 14.8. The Balaban J connectivity index is 1.68. The van der Waals surface area contributed by atoms with Gasteiger partial charge in [0.05, 0.1) is 7.11 Å². The number of carbonyl (C=O) groups excluding carboxylic acids is 1. The fraction of sp³-hybridized carbons (Fsp3) is 0.632. The third kappa shape index (κ3) is 5.71. The zero-order valence-corrected chi connectivity index (χ0v) is 15.4. The molecule has 0 radical (unpaired) electrons. The molecule has 1 aliphatic heterocycles. The van der Waals surface area contributed by atoms with Crippen molar-refractivity contribution in [3.63, 3.8) is 0 Å². The Morgan fingerprint density at radius 3 is 2.79 bits per heavy atom. The fourth-order valence-electron chi connectivity index (χ4n) is 2.95. The lowest BCUT2D eigenvalue weighted by Crippen LogP contribution is -2.34. The largest absolute Gasteiger partial charge is 0.496 e. The summed E-state index contributed by atoms with van der Waals surface area (Å²) in [5.74, 6) is 0.990. The molecular weight excluding hydrogens is 304 g/mol. The minimum absolute atomic E-state index is 0.334. The van der Waals surface area contributed by atoms with Crippen LogP contribution in [0.15, 0.2) is 18.2 Å². The van der Waals surface area contributed by atoms with E-state index in [0.29, 0.717) is 6.54 Å². The Bertz CT molecular complexity index is 538. The molecule has 0 bridgehead atoms. The van der Waals surface area contributed by atoms with E-state index < -0.39 is 5.60 Å². The quantitative estimate of drug-likeness (QED) is 0.811. The van der Waals surface area contributed by atoms with Crippen LogP contribution >= 0.6 is 0 Å². The molecule has 0 saturated heterocycles. The van der Waals surface area contributed by atoms with Gasteiger partial charge in [-0.15, -0.1) is 0 Å². The molecule has 0 aromatic heterocycles. The van der Waals surface area contributed by atoms with Crippen molar-refractivity contribution in [1.29, 1.82) is 0 Å². The Morgan fingerprint density at radius 2 is 2.08 bits per heavy atom. The van der Waals surface area contributed by atoms with E-state index in [-0.39, 0.29) is 6.09 Å². The number of hydrogen-bond acceptors (Lipinski definition) is 4. The number of benzene rings is 1. The maximum absolute atomic E-state index is 11.6. The van der Waals surface area contributed by atoms with Crippen LogP contribution in [-0.2, 0) is 17.7 Å². The van der Waals surface area contributed by atoms with Crippen molar-refractivity contribution in [3.05, 3.63) is 29.3 Å². The predicted molar refractivity (Wildman–Crippen MR) is 95.4 cm³/mol. The highest BCUT2D eigenvalue weighted by Gasteiger charge is 2.19. The van der Waals surface area contributed by atoms with Gasteiger partial charge in [-0.2, -0.15) is 0 Å². The number of rotatable bonds is 6. The standard InChI is InChI=1S/C19H30N2O3/c1-19(2,3)24-18(22)20-11-5-6-12-21-13-10-15-8-7-9-17(23-4)16(15)14-21/h7-9H,5-6,10-14H2,1-4H3,(H,20,22). The van der Waals surface area contributed by atoms with Gasteiger partial charge in [0.1, 0.15) is 11.4 Å². The Kier molecular flexibility index (Phi) is 6.49. The first-order chi connectivity index (χ1) is 11.4. The molecule has 0 aliphatic carbocycles. The van der Waals surface area contributed by atoms with E-state index >= 15 is 0 Å². The summed E-state index contributed by atoms with van der Waals surface area (Å²) in [6.07, 6.45) is 2.75. The van der Waals surface area contributed by atoms with Crippen LogP contribution in [0.25, 0.3) is 0 Å². The van der Waals surface area contributed by atoms with Gasteiger partial charge < -0.3 is 14.8 Å². The number of ether oxygens (including phenoxy) is 2. The Hall–Kier alpha value is -1.75. The van der Waals surface area contributed by atoms with E-state index in [0.717, 1.165) is 44.6 Å². The van der Waals surface area contributed by atoms with Crippen molar-refractivity contribution < 1.29 is 14.3 Å². The lowest BCUT2D eigenvalue weighted by Gasteiger charge is -2.29. The molecule has 0 spiro atoms. The molecule has 5 nitrogen and oxygen atoms in total. The molecule has 1 heterocycles. The van der Waals surface area contributed by atoms with E-state index in [4.69, 9.17) is 9.47 Å². The first-order valence-corrected chi connectivity index (χ1v) is 8.73. The van der Waals surface area contributed by atoms with Crippen molar-refractivity contribution in [2.75, 3.05) is 26.7 Å². The van der Waals surface area contributed by atoms with Crippen LogP contribution in [0, 0.1) is 0 Å². The van der Waals surface area contributed by atoms with Gasteiger partial charge in [-0.1, -0.05) is 12.1 Å². The van der Waals surface area contributed by atoms with E-state index in [2.05, 4.69) is 22.3 Å². The monoisotopic (exact) mass is 334 g/mol. The number of nitrogens with zero attached hydrogens (tertiary/aromatic N) is 1. The average Bonchev–Trinajstić information content (AvgIpc) is 2.52. The van der Waals surface area contributed by atoms with Gasteiger partial charge in [-0.25, -0.2) is 4.79 Å². The first-order valence-electron chi connectivity index (χ1n) is 8.73. The molecule has 134 valence electrons. The predicted octanol–water partition coefficient (Wildman–Crippen LogP) is 3.36. The van der Waals surface area contributed by atoms with Crippen LogP contribution in [0.1, 0.15) is 44.7 Å². The van der Waals surface area contributed by atoms with Gasteiger partial charge in [-0.05, 0) is 58.2 Å². The summed E-state index contributed by atoms with van der Waals surface area (Å²) in [4.78, 5) is 14.0. The van der Waals surface area contributed by atoms with Crippen molar-refractivity contribution in [3.8, 4) is 5.75 Å². The van der Waals surface area contributed by atoms with Gasteiger partial charge in [0.2, 0.25) is 0 Å². The molecule has 0 atom stereocenters. The van der Waals surface area contributed by atoms with E-state index in [9.17, 15) is 4.79 Å². The van der Waals surface area contributed by atoms with Gasteiger partial charge >= 0.3 is 6.09 Å². The first kappa shape index (κ1) is 18.6. The van der Waals surface area contributed by atoms with Crippen LogP contribution in [0.3, 0.4) is 0 Å². The lowest BCUT2D eigenvalue weighted by atomic mass is 9.98. The smallest absolute Gasteiger partial charge is 0.407 e. The molecule has 0 fully saturated rings. The van der Waals surface area contributed by atoms with E-state index in [1.165, 1.54) is 11.1 Å². The Labute approximate surface area is 145 Å². The molecule has 5 heteroatoms. The van der Waals surface area contributed by atoms with Gasteiger partial charge in [0, 0.05) is 25.2 Å². The summed E-state index contributed by atoms with van der Waals surface area (Å²) in [6, 6.07) is 6.29. The topological polar surface area (TPSA) is 50.8 Å². The molecule has 24 heavy (non-hydrogen) atoms. The number of fused-ring (bicyclic) bond motifs is 1. The van der Waals surface area contributed by atoms with Crippen LogP contribution in [0.2, 0.25) is 0 Å². The summed E-state index contributed by atoms with van der Waals surface area (Å²) >= 11 is 0. The number of amides is 1. The molecule has 0 unspecified atom stereocenters. The van der Waals surface area contributed by atoms with Gasteiger partial charge in [0.25, 0.3) is 0 Å². The third-order valence-corrected chi connectivity index (χ3v) is 4.10. The number of nitrogens with one attached hydrogen (secondary N) is 1. The molecular formula is C19H30N2O3. The highest BCUT2D eigenvalue weighted by Crippen LogP contribution is 2.27. The minimum atomic E-state index is -0.440. The second-order valence-electron chi connectivity index (χ2n) is 7.26. The molecule has 1 aromatic carbocycles. The van der Waals surface area contributed by atoms with Gasteiger partial charge in [-0.3, -0.25) is 4.90 Å². The number of carbonyl (C=O) groups is 1. The molecule has 1 amide bonds. The second-order valence-corrected chi connectivity index (χ2v) is 7.26. The lowest BCUT2D eigenvalue weighted by molar-refractivity contribution is 0.0526. The van der Waals surface area contributed by atoms with Crippen molar-refractivity contribution in [1.82, 2.24) is 10.2 Å². The Morgan fingerprint density at radius 1 is 1.29 bits per heavy atom. The van der Waals surface area contributed by atoms with Crippen LogP contribution in [-0.4, -0.2) is 43.3 Å². The maximum Gasteiger partial charge on any atom is 0.407 e.